The molecule has 0 N–H and O–H groups in total. The predicted octanol–water partition coefficient (Wildman–Crippen LogP) is 5.48. The van der Waals surface area contributed by atoms with Crippen molar-refractivity contribution in [2.45, 2.75) is 12.5 Å². The number of hydrogen-bond acceptors (Lipinski definition) is 3. The number of para-hydroxylation sites is 1. The number of nitrogens with zero attached hydrogens (tertiary/aromatic N) is 2. The van der Waals surface area contributed by atoms with Crippen LogP contribution in [0.3, 0.4) is 0 Å². The van der Waals surface area contributed by atoms with E-state index in [4.69, 9.17) is 4.99 Å². The summed E-state index contributed by atoms with van der Waals surface area (Å²) in [6.45, 7) is 0. The van der Waals surface area contributed by atoms with Gasteiger partial charge >= 0.3 is 0 Å². The van der Waals surface area contributed by atoms with Crippen LogP contribution < -0.4 is 0 Å². The topological polar surface area (TPSA) is 15.6 Å². The Bertz CT molecular complexity index is 828. The van der Waals surface area contributed by atoms with Crippen molar-refractivity contribution in [2.24, 2.45) is 4.99 Å². The van der Waals surface area contributed by atoms with E-state index in [9.17, 15) is 0 Å². The number of fused-ring (bicyclic) bond motifs is 1. The Morgan fingerprint density at radius 3 is 2.50 bits per heavy atom. The van der Waals surface area contributed by atoms with E-state index in [1.165, 1.54) is 11.1 Å². The molecule has 1 unspecified atom stereocenters. The lowest BCUT2D eigenvalue weighted by Gasteiger charge is -2.29. The highest BCUT2D eigenvalue weighted by Crippen LogP contribution is 2.34. The van der Waals surface area contributed by atoms with Crippen LogP contribution in [0.2, 0.25) is 0 Å². The Kier molecular flexibility index (Phi) is 5.03. The van der Waals surface area contributed by atoms with Gasteiger partial charge in [0.05, 0.1) is 11.7 Å². The van der Waals surface area contributed by atoms with Crippen molar-refractivity contribution >= 4 is 35.3 Å². The first kappa shape index (κ1) is 16.7. The monoisotopic (exact) mass is 354 g/mol. The van der Waals surface area contributed by atoms with Crippen LogP contribution in [0.5, 0.6) is 0 Å². The number of rotatable bonds is 2. The van der Waals surface area contributed by atoms with Crippen LogP contribution in [-0.4, -0.2) is 17.8 Å². The third kappa shape index (κ3) is 3.10. The quantitative estimate of drug-likeness (QED) is 0.595. The highest BCUT2D eigenvalue weighted by molar-refractivity contribution is 7.08. The average molecular weight is 355 g/mol. The molecule has 1 atom stereocenters. The molecular formula is C20H19ClN2S. The lowest BCUT2D eigenvalue weighted by Crippen LogP contribution is -2.31. The van der Waals surface area contributed by atoms with Gasteiger partial charge in [-0.05, 0) is 40.4 Å². The molecule has 1 aromatic heterocycles. The first-order valence-corrected chi connectivity index (χ1v) is 8.74. The fraction of sp³-hybridized carbons (Fsp3) is 0.150. The third-order valence-electron chi connectivity index (χ3n) is 4.39. The molecule has 2 nitrogen and oxygen atoms in total. The highest BCUT2D eigenvalue weighted by Gasteiger charge is 2.26. The zero-order chi connectivity index (χ0) is 15.6. The summed E-state index contributed by atoms with van der Waals surface area (Å²) >= 11 is 1.75. The summed E-state index contributed by atoms with van der Waals surface area (Å²) < 4.78 is 0. The number of benzene rings is 2. The zero-order valence-electron chi connectivity index (χ0n) is 13.4. The minimum atomic E-state index is 0. The van der Waals surface area contributed by atoms with Gasteiger partial charge in [-0.15, -0.1) is 12.4 Å². The van der Waals surface area contributed by atoms with Gasteiger partial charge in [0, 0.05) is 12.6 Å². The Labute approximate surface area is 152 Å². The van der Waals surface area contributed by atoms with Crippen LogP contribution in [0, 0.1) is 0 Å². The molecule has 2 heterocycles. The number of thiophene rings is 1. The number of hydrogen-bond donors (Lipinski definition) is 0. The highest BCUT2D eigenvalue weighted by atomic mass is 35.5. The smallest absolute Gasteiger partial charge is 0.136 e. The minimum Gasteiger partial charge on any atom is -0.352 e. The molecule has 0 aliphatic carbocycles. The van der Waals surface area contributed by atoms with Crippen LogP contribution in [0.25, 0.3) is 0 Å². The van der Waals surface area contributed by atoms with Gasteiger partial charge in [0.2, 0.25) is 0 Å². The van der Waals surface area contributed by atoms with E-state index in [2.05, 4.69) is 77.3 Å². The number of aliphatic imine (C=N–C) groups is 1. The summed E-state index contributed by atoms with van der Waals surface area (Å²) in [6, 6.07) is 21.5. The average Bonchev–Trinajstić information content (AvgIpc) is 3.08. The van der Waals surface area contributed by atoms with Crippen molar-refractivity contribution in [2.75, 3.05) is 7.05 Å². The maximum atomic E-state index is 5.00. The molecule has 24 heavy (non-hydrogen) atoms. The number of amidine groups is 1. The summed E-state index contributed by atoms with van der Waals surface area (Å²) in [6.07, 6.45) is 0.975. The maximum absolute atomic E-state index is 5.00. The first-order chi connectivity index (χ1) is 11.3. The normalized spacial score (nSPS) is 16.6. The molecule has 0 saturated carbocycles. The van der Waals surface area contributed by atoms with Gasteiger partial charge < -0.3 is 4.90 Å². The second-order valence-corrected chi connectivity index (χ2v) is 6.60. The lowest BCUT2D eigenvalue weighted by molar-refractivity contribution is 0.378. The summed E-state index contributed by atoms with van der Waals surface area (Å²) in [5.74, 6) is 1.03. The Morgan fingerprint density at radius 1 is 1.00 bits per heavy atom. The molecule has 0 saturated heterocycles. The molecule has 4 heteroatoms. The van der Waals surface area contributed by atoms with Gasteiger partial charge in [0.1, 0.15) is 5.84 Å². The first-order valence-electron chi connectivity index (χ1n) is 7.80. The zero-order valence-corrected chi connectivity index (χ0v) is 15.1. The van der Waals surface area contributed by atoms with Crippen LogP contribution in [-0.2, 0) is 6.42 Å². The number of likely N-dealkylation sites (N-methyl/N-ethyl adjacent to an activating group) is 1. The SMILES string of the molecule is CN1C(c2ccccc2)=Nc2ccccc2CC1c1ccsc1.Cl. The van der Waals surface area contributed by atoms with E-state index >= 15 is 0 Å². The largest absolute Gasteiger partial charge is 0.352 e. The van der Waals surface area contributed by atoms with E-state index in [1.807, 2.05) is 6.07 Å². The number of halogens is 1. The summed E-state index contributed by atoms with van der Waals surface area (Å²) in [4.78, 5) is 7.31. The van der Waals surface area contributed by atoms with E-state index in [0.29, 0.717) is 6.04 Å². The van der Waals surface area contributed by atoms with Crippen LogP contribution >= 0.6 is 23.7 Å². The molecule has 0 spiro atoms. The molecular weight excluding hydrogens is 336 g/mol. The fourth-order valence-corrected chi connectivity index (χ4v) is 3.85. The van der Waals surface area contributed by atoms with Gasteiger partial charge in [0.25, 0.3) is 0 Å². The molecule has 1 aliphatic rings. The van der Waals surface area contributed by atoms with Crippen LogP contribution in [0.15, 0.2) is 76.4 Å². The van der Waals surface area contributed by atoms with Crippen molar-refractivity contribution in [3.63, 3.8) is 0 Å². The fourth-order valence-electron chi connectivity index (χ4n) is 3.14. The molecule has 0 bridgehead atoms. The lowest BCUT2D eigenvalue weighted by atomic mass is 9.99. The van der Waals surface area contributed by atoms with Crippen LogP contribution in [0.1, 0.15) is 22.7 Å². The molecule has 2 aromatic carbocycles. The van der Waals surface area contributed by atoms with Gasteiger partial charge in [-0.2, -0.15) is 11.3 Å². The minimum absolute atomic E-state index is 0. The molecule has 0 radical (unpaired) electrons. The summed E-state index contributed by atoms with van der Waals surface area (Å²) in [5.41, 5.74) is 4.90. The van der Waals surface area contributed by atoms with E-state index in [-0.39, 0.29) is 12.4 Å². The molecule has 3 aromatic rings. The van der Waals surface area contributed by atoms with Crippen LogP contribution in [0.4, 0.5) is 5.69 Å². The van der Waals surface area contributed by atoms with Crippen molar-refractivity contribution < 1.29 is 0 Å². The third-order valence-corrected chi connectivity index (χ3v) is 5.09. The van der Waals surface area contributed by atoms with Crippen molar-refractivity contribution in [3.8, 4) is 0 Å². The maximum Gasteiger partial charge on any atom is 0.136 e. The molecule has 1 aliphatic heterocycles. The summed E-state index contributed by atoms with van der Waals surface area (Å²) in [7, 11) is 2.15. The second kappa shape index (κ2) is 7.20. The Balaban J connectivity index is 0.00000169. The van der Waals surface area contributed by atoms with E-state index in [1.54, 1.807) is 11.3 Å². The van der Waals surface area contributed by atoms with Crippen molar-refractivity contribution in [1.82, 2.24) is 4.90 Å². The van der Waals surface area contributed by atoms with Gasteiger partial charge in [-0.3, -0.25) is 0 Å². The van der Waals surface area contributed by atoms with E-state index < -0.39 is 0 Å². The summed E-state index contributed by atoms with van der Waals surface area (Å²) in [5, 5.41) is 4.40. The molecule has 0 fully saturated rings. The second-order valence-electron chi connectivity index (χ2n) is 5.82. The van der Waals surface area contributed by atoms with Gasteiger partial charge in [-0.25, -0.2) is 4.99 Å². The van der Waals surface area contributed by atoms with Crippen molar-refractivity contribution in [3.05, 3.63) is 88.1 Å². The molecule has 4 rings (SSSR count). The van der Waals surface area contributed by atoms with Gasteiger partial charge in [0.15, 0.2) is 0 Å². The Morgan fingerprint density at radius 2 is 1.75 bits per heavy atom. The Hall–Kier alpha value is -2.10. The molecule has 0 amide bonds. The van der Waals surface area contributed by atoms with Crippen molar-refractivity contribution in [1.29, 1.82) is 0 Å². The predicted molar refractivity (Wildman–Crippen MR) is 105 cm³/mol. The standard InChI is InChI=1S/C20H18N2S.ClH/c1-22-19(17-11-12-23-14-17)13-16-9-5-6-10-18(16)21-20(22)15-7-3-2-4-8-15;/h2-12,14,19H,13H2,1H3;1H. The molecule has 122 valence electrons. The van der Waals surface area contributed by atoms with Gasteiger partial charge in [-0.1, -0.05) is 48.5 Å². The van der Waals surface area contributed by atoms with E-state index in [0.717, 1.165) is 23.5 Å².